The first-order valence-corrected chi connectivity index (χ1v) is 4.68. The first kappa shape index (κ1) is 9.42. The van der Waals surface area contributed by atoms with E-state index >= 15 is 0 Å². The molecule has 1 aromatic heterocycles. The van der Waals surface area contributed by atoms with E-state index in [0.717, 1.165) is 32.7 Å². The Labute approximate surface area is 82.2 Å². The molecule has 78 valence electrons. The fraction of sp³-hybridized carbons (Fsp3) is 0.750. The molecule has 1 aromatic rings. The summed E-state index contributed by atoms with van der Waals surface area (Å²) in [5, 5.41) is 7.09. The molecule has 0 unspecified atom stereocenters. The van der Waals surface area contributed by atoms with Crippen molar-refractivity contribution in [2.24, 2.45) is 0 Å². The van der Waals surface area contributed by atoms with Crippen LogP contribution in [0.15, 0.2) is 4.52 Å². The molecule has 2 heterocycles. The zero-order valence-corrected chi connectivity index (χ0v) is 8.19. The van der Waals surface area contributed by atoms with Gasteiger partial charge in [-0.3, -0.25) is 9.42 Å². The van der Waals surface area contributed by atoms with Gasteiger partial charge in [0.25, 0.3) is 0 Å². The maximum atomic E-state index is 4.83. The number of nitrogens with one attached hydrogen (secondary N) is 1. The van der Waals surface area contributed by atoms with E-state index < -0.39 is 0 Å². The molecule has 1 saturated heterocycles. The highest BCUT2D eigenvalue weighted by atomic mass is 16.6. The largest absolute Gasteiger partial charge is 0.452 e. The standard InChI is InChI=1S/C8H14N4O2/c1-13-8-10-7(11-14-8)6-12-4-2-9-3-5-12/h9H,2-6H2,1H3. The van der Waals surface area contributed by atoms with Crippen LogP contribution in [0.2, 0.25) is 0 Å². The predicted molar refractivity (Wildman–Crippen MR) is 49.0 cm³/mol. The molecule has 0 radical (unpaired) electrons. The van der Waals surface area contributed by atoms with E-state index in [-0.39, 0.29) is 6.08 Å². The third-order valence-electron chi connectivity index (χ3n) is 2.20. The number of hydrogen-bond donors (Lipinski definition) is 1. The Balaban J connectivity index is 1.89. The first-order chi connectivity index (χ1) is 6.88. The normalized spacial score (nSPS) is 18.4. The molecule has 1 fully saturated rings. The maximum absolute atomic E-state index is 4.83. The van der Waals surface area contributed by atoms with Crippen molar-refractivity contribution in [2.75, 3.05) is 33.3 Å². The molecule has 0 bridgehead atoms. The van der Waals surface area contributed by atoms with Crippen molar-refractivity contribution in [3.05, 3.63) is 5.82 Å². The Bertz CT molecular complexity index is 283. The van der Waals surface area contributed by atoms with E-state index in [1.165, 1.54) is 7.11 Å². The van der Waals surface area contributed by atoms with E-state index in [2.05, 4.69) is 20.4 Å². The molecular weight excluding hydrogens is 184 g/mol. The minimum Gasteiger partial charge on any atom is -0.452 e. The number of ether oxygens (including phenoxy) is 1. The number of nitrogens with zero attached hydrogens (tertiary/aromatic N) is 3. The van der Waals surface area contributed by atoms with Gasteiger partial charge in [-0.2, -0.15) is 4.98 Å². The van der Waals surface area contributed by atoms with Crippen LogP contribution in [0.4, 0.5) is 0 Å². The summed E-state index contributed by atoms with van der Waals surface area (Å²) < 4.78 is 9.64. The summed E-state index contributed by atoms with van der Waals surface area (Å²) in [4.78, 5) is 6.34. The van der Waals surface area contributed by atoms with Crippen LogP contribution in [0.5, 0.6) is 6.08 Å². The molecule has 0 aliphatic carbocycles. The molecule has 0 amide bonds. The second-order valence-electron chi connectivity index (χ2n) is 3.21. The van der Waals surface area contributed by atoms with Gasteiger partial charge < -0.3 is 10.1 Å². The summed E-state index contributed by atoms with van der Waals surface area (Å²) in [6, 6.07) is 0. The zero-order valence-electron chi connectivity index (χ0n) is 8.19. The Morgan fingerprint density at radius 3 is 2.93 bits per heavy atom. The average Bonchev–Trinajstić information content (AvgIpc) is 2.67. The molecule has 1 aliphatic rings. The molecule has 6 nitrogen and oxygen atoms in total. The van der Waals surface area contributed by atoms with Crippen LogP contribution in [0.1, 0.15) is 5.82 Å². The van der Waals surface area contributed by atoms with E-state index in [1.807, 2.05) is 0 Å². The minimum atomic E-state index is 0.232. The SMILES string of the molecule is COc1nc(CN2CCNCC2)no1. The Hall–Kier alpha value is -1.14. The van der Waals surface area contributed by atoms with Crippen molar-refractivity contribution in [3.63, 3.8) is 0 Å². The smallest absolute Gasteiger partial charge is 0.417 e. The van der Waals surface area contributed by atoms with Gasteiger partial charge in [-0.25, -0.2) is 0 Å². The molecule has 0 saturated carbocycles. The average molecular weight is 198 g/mol. The lowest BCUT2D eigenvalue weighted by atomic mass is 10.3. The predicted octanol–water partition coefficient (Wildman–Crippen LogP) is -0.517. The van der Waals surface area contributed by atoms with Gasteiger partial charge in [0, 0.05) is 26.2 Å². The number of hydrogen-bond acceptors (Lipinski definition) is 6. The van der Waals surface area contributed by atoms with Gasteiger partial charge in [0.2, 0.25) is 0 Å². The molecule has 0 aromatic carbocycles. The highest BCUT2D eigenvalue weighted by Gasteiger charge is 2.13. The van der Waals surface area contributed by atoms with E-state index in [1.54, 1.807) is 0 Å². The second kappa shape index (κ2) is 4.39. The number of piperazine rings is 1. The van der Waals surface area contributed by atoms with E-state index in [9.17, 15) is 0 Å². The van der Waals surface area contributed by atoms with Gasteiger partial charge in [-0.15, -0.1) is 0 Å². The van der Waals surface area contributed by atoms with Crippen molar-refractivity contribution >= 4 is 0 Å². The van der Waals surface area contributed by atoms with Crippen LogP contribution in [-0.4, -0.2) is 48.3 Å². The van der Waals surface area contributed by atoms with Crippen LogP contribution in [-0.2, 0) is 6.54 Å². The maximum Gasteiger partial charge on any atom is 0.417 e. The fourth-order valence-corrected chi connectivity index (χ4v) is 1.45. The van der Waals surface area contributed by atoms with Crippen molar-refractivity contribution in [1.82, 2.24) is 20.4 Å². The molecular formula is C8H14N4O2. The van der Waals surface area contributed by atoms with E-state index in [4.69, 9.17) is 9.26 Å². The number of aromatic nitrogens is 2. The van der Waals surface area contributed by atoms with Gasteiger partial charge in [0.1, 0.15) is 0 Å². The van der Waals surface area contributed by atoms with Gasteiger partial charge in [0.15, 0.2) is 5.82 Å². The van der Waals surface area contributed by atoms with Crippen molar-refractivity contribution < 1.29 is 9.26 Å². The van der Waals surface area contributed by atoms with Gasteiger partial charge in [-0.1, -0.05) is 5.16 Å². The molecule has 1 aliphatic heterocycles. The monoisotopic (exact) mass is 198 g/mol. The summed E-state index contributed by atoms with van der Waals surface area (Å²) in [5.74, 6) is 0.684. The third kappa shape index (κ3) is 2.21. The van der Waals surface area contributed by atoms with Crippen LogP contribution in [0.25, 0.3) is 0 Å². The van der Waals surface area contributed by atoms with Crippen LogP contribution >= 0.6 is 0 Å². The zero-order chi connectivity index (χ0) is 9.80. The second-order valence-corrected chi connectivity index (χ2v) is 3.21. The first-order valence-electron chi connectivity index (χ1n) is 4.68. The topological polar surface area (TPSA) is 63.4 Å². The molecule has 1 N–H and O–H groups in total. The molecule has 2 rings (SSSR count). The highest BCUT2D eigenvalue weighted by molar-refractivity contribution is 4.90. The summed E-state index contributed by atoms with van der Waals surface area (Å²) in [6.07, 6.45) is 0.232. The fourth-order valence-electron chi connectivity index (χ4n) is 1.45. The van der Waals surface area contributed by atoms with Crippen molar-refractivity contribution in [1.29, 1.82) is 0 Å². The Morgan fingerprint density at radius 1 is 1.50 bits per heavy atom. The van der Waals surface area contributed by atoms with Gasteiger partial charge in [0.05, 0.1) is 13.7 Å². The van der Waals surface area contributed by atoms with Crippen molar-refractivity contribution in [2.45, 2.75) is 6.54 Å². The van der Waals surface area contributed by atoms with Crippen LogP contribution in [0.3, 0.4) is 0 Å². The summed E-state index contributed by atoms with van der Waals surface area (Å²) >= 11 is 0. The van der Waals surface area contributed by atoms with Crippen LogP contribution in [0, 0.1) is 0 Å². The molecule has 0 atom stereocenters. The molecule has 6 heteroatoms. The Kier molecular flexibility index (Phi) is 2.95. The molecule has 0 spiro atoms. The minimum absolute atomic E-state index is 0.232. The van der Waals surface area contributed by atoms with Crippen molar-refractivity contribution in [3.8, 4) is 6.08 Å². The number of rotatable bonds is 3. The quantitative estimate of drug-likeness (QED) is 0.705. The summed E-state index contributed by atoms with van der Waals surface area (Å²) in [5.41, 5.74) is 0. The Morgan fingerprint density at radius 2 is 2.29 bits per heavy atom. The highest BCUT2D eigenvalue weighted by Crippen LogP contribution is 2.07. The summed E-state index contributed by atoms with van der Waals surface area (Å²) in [6.45, 7) is 4.83. The van der Waals surface area contributed by atoms with Gasteiger partial charge >= 0.3 is 6.08 Å². The summed E-state index contributed by atoms with van der Waals surface area (Å²) in [7, 11) is 1.52. The molecule has 14 heavy (non-hydrogen) atoms. The lowest BCUT2D eigenvalue weighted by Crippen LogP contribution is -2.43. The third-order valence-corrected chi connectivity index (χ3v) is 2.20. The van der Waals surface area contributed by atoms with Crippen LogP contribution < -0.4 is 10.1 Å². The number of methoxy groups -OCH3 is 1. The van der Waals surface area contributed by atoms with E-state index in [0.29, 0.717) is 5.82 Å². The lowest BCUT2D eigenvalue weighted by molar-refractivity contribution is 0.222. The van der Waals surface area contributed by atoms with Gasteiger partial charge in [-0.05, 0) is 0 Å². The lowest BCUT2D eigenvalue weighted by Gasteiger charge is -2.25.